The molecular weight excluding hydrogens is 383 g/mol. The molecule has 1 unspecified atom stereocenters. The van der Waals surface area contributed by atoms with Crippen LogP contribution < -0.4 is 5.73 Å². The number of primary amides is 1. The van der Waals surface area contributed by atoms with E-state index in [0.29, 0.717) is 40.4 Å². The summed E-state index contributed by atoms with van der Waals surface area (Å²) < 4.78 is 32.3. The zero-order valence-corrected chi connectivity index (χ0v) is 16.0. The number of hydrogen-bond donors (Lipinski definition) is 1. The number of halogens is 1. The van der Waals surface area contributed by atoms with Gasteiger partial charge in [-0.05, 0) is 30.7 Å². The van der Waals surface area contributed by atoms with Crippen molar-refractivity contribution < 1.29 is 23.4 Å². The number of rotatable bonds is 5. The van der Waals surface area contributed by atoms with Crippen LogP contribution in [-0.2, 0) is 14.2 Å². The highest BCUT2D eigenvalue weighted by Crippen LogP contribution is 2.35. The molecule has 0 aliphatic carbocycles. The van der Waals surface area contributed by atoms with Gasteiger partial charge < -0.3 is 19.9 Å². The maximum atomic E-state index is 14.9. The number of ether oxygens (including phenoxy) is 3. The highest BCUT2D eigenvalue weighted by atomic mass is 32.1. The molecular formula is C20H19FN2O4S. The Morgan fingerprint density at radius 1 is 1.29 bits per heavy atom. The highest BCUT2D eigenvalue weighted by Gasteiger charge is 2.24. The van der Waals surface area contributed by atoms with Gasteiger partial charge in [-0.2, -0.15) is 0 Å². The van der Waals surface area contributed by atoms with Crippen molar-refractivity contribution in [2.24, 2.45) is 5.73 Å². The van der Waals surface area contributed by atoms with Crippen molar-refractivity contribution in [2.75, 3.05) is 20.3 Å². The van der Waals surface area contributed by atoms with Gasteiger partial charge in [0.25, 0.3) is 0 Å². The predicted octanol–water partition coefficient (Wildman–Crippen LogP) is 3.71. The normalized spacial score (nSPS) is 16.4. The summed E-state index contributed by atoms with van der Waals surface area (Å²) in [4.78, 5) is 15.9. The van der Waals surface area contributed by atoms with E-state index in [0.717, 1.165) is 11.1 Å². The molecule has 1 fully saturated rings. The Kier molecular flexibility index (Phi) is 5.36. The Morgan fingerprint density at radius 3 is 2.75 bits per heavy atom. The minimum atomic E-state index is -0.670. The van der Waals surface area contributed by atoms with Crippen molar-refractivity contribution in [2.45, 2.75) is 18.8 Å². The number of hydrogen-bond acceptors (Lipinski definition) is 6. The molecule has 0 bridgehead atoms. The quantitative estimate of drug-likeness (QED) is 0.703. The van der Waals surface area contributed by atoms with E-state index in [1.807, 2.05) is 0 Å². The largest absolute Gasteiger partial charge is 0.369 e. The van der Waals surface area contributed by atoms with Crippen LogP contribution in [-0.4, -0.2) is 31.2 Å². The molecule has 1 aromatic heterocycles. The second-order valence-corrected chi connectivity index (χ2v) is 7.48. The lowest BCUT2D eigenvalue weighted by molar-refractivity contribution is -0.183. The first-order valence-electron chi connectivity index (χ1n) is 8.82. The summed E-state index contributed by atoms with van der Waals surface area (Å²) in [5, 5.41) is 0.593. The van der Waals surface area contributed by atoms with E-state index < -0.39 is 24.1 Å². The maximum Gasteiger partial charge on any atom is 0.248 e. The second-order valence-electron chi connectivity index (χ2n) is 6.42. The van der Waals surface area contributed by atoms with Crippen molar-refractivity contribution in [3.63, 3.8) is 0 Å². The van der Waals surface area contributed by atoms with E-state index >= 15 is 0 Å². The summed E-state index contributed by atoms with van der Waals surface area (Å²) in [6, 6.07) is 9.88. The molecule has 6 nitrogen and oxygen atoms in total. The average molecular weight is 402 g/mol. The van der Waals surface area contributed by atoms with Crippen molar-refractivity contribution in [3.05, 3.63) is 63.9 Å². The summed E-state index contributed by atoms with van der Waals surface area (Å²) in [6.07, 6.45) is -0.387. The van der Waals surface area contributed by atoms with Crippen molar-refractivity contribution in [1.82, 2.24) is 4.98 Å². The first-order valence-corrected chi connectivity index (χ1v) is 9.64. The maximum absolute atomic E-state index is 14.9. The first kappa shape index (κ1) is 18.9. The number of methoxy groups -OCH3 is 1. The molecule has 2 N–H and O–H groups in total. The summed E-state index contributed by atoms with van der Waals surface area (Å²) in [7, 11) is 1.51. The van der Waals surface area contributed by atoms with Crippen LogP contribution in [0.3, 0.4) is 0 Å². The number of fused-ring (bicyclic) bond motifs is 1. The zero-order chi connectivity index (χ0) is 19.7. The number of amides is 1. The van der Waals surface area contributed by atoms with Crippen molar-refractivity contribution >= 4 is 27.5 Å². The summed E-state index contributed by atoms with van der Waals surface area (Å²) >= 11 is 1.34. The van der Waals surface area contributed by atoms with Gasteiger partial charge in [0.15, 0.2) is 6.29 Å². The Balaban J connectivity index is 1.66. The monoisotopic (exact) mass is 402 g/mol. The average Bonchev–Trinajstić information content (AvgIpc) is 3.13. The van der Waals surface area contributed by atoms with E-state index in [2.05, 4.69) is 4.98 Å². The SMILES string of the molecule is COC(c1nc2ccc(C(N)=O)cc2s1)c1ccc(C2OCCCO2)cc1F. The van der Waals surface area contributed by atoms with Crippen LogP contribution in [0.25, 0.3) is 10.2 Å². The van der Waals surface area contributed by atoms with Gasteiger partial charge in [-0.15, -0.1) is 11.3 Å². The lowest BCUT2D eigenvalue weighted by atomic mass is 10.1. The Labute approximate surface area is 165 Å². The summed E-state index contributed by atoms with van der Waals surface area (Å²) in [5.41, 5.74) is 7.44. The molecule has 0 spiro atoms. The molecule has 1 atom stereocenters. The van der Waals surface area contributed by atoms with Crippen LogP contribution in [0.15, 0.2) is 36.4 Å². The van der Waals surface area contributed by atoms with E-state index in [1.165, 1.54) is 24.5 Å². The fourth-order valence-corrected chi connectivity index (χ4v) is 4.26. The fraction of sp³-hybridized carbons (Fsp3) is 0.300. The number of benzene rings is 2. The topological polar surface area (TPSA) is 83.7 Å². The number of aromatic nitrogens is 1. The number of thiazole rings is 1. The fourth-order valence-electron chi connectivity index (χ4n) is 3.15. The lowest BCUT2D eigenvalue weighted by Gasteiger charge is -2.24. The third kappa shape index (κ3) is 3.64. The number of carbonyl (C=O) groups excluding carboxylic acids is 1. The number of nitrogens with two attached hydrogens (primary N) is 1. The molecule has 1 aliphatic rings. The molecule has 2 aromatic carbocycles. The standard InChI is InChI=1S/C20H19FN2O4S/c1-25-17(19-23-15-6-4-11(18(22)24)10-16(15)28-19)13-5-3-12(9-14(13)21)20-26-7-2-8-27-20/h3-6,9-10,17,20H,2,7-8H2,1H3,(H2,22,24). The van der Waals surface area contributed by atoms with E-state index in [-0.39, 0.29) is 0 Å². The van der Waals surface area contributed by atoms with Gasteiger partial charge in [0.1, 0.15) is 16.9 Å². The molecule has 146 valence electrons. The van der Waals surface area contributed by atoms with Gasteiger partial charge in [0.2, 0.25) is 5.91 Å². The molecule has 4 rings (SSSR count). The predicted molar refractivity (Wildman–Crippen MR) is 103 cm³/mol. The van der Waals surface area contributed by atoms with E-state index in [9.17, 15) is 9.18 Å². The van der Waals surface area contributed by atoms with Gasteiger partial charge in [0.05, 0.1) is 23.4 Å². The molecule has 0 saturated carbocycles. The molecule has 2 heterocycles. The first-order chi connectivity index (χ1) is 13.6. The number of nitrogens with zero attached hydrogens (tertiary/aromatic N) is 1. The molecule has 0 radical (unpaired) electrons. The summed E-state index contributed by atoms with van der Waals surface area (Å²) in [5.74, 6) is -0.923. The Morgan fingerprint density at radius 2 is 2.07 bits per heavy atom. The smallest absolute Gasteiger partial charge is 0.248 e. The zero-order valence-electron chi connectivity index (χ0n) is 15.2. The molecule has 28 heavy (non-hydrogen) atoms. The molecule has 3 aromatic rings. The van der Waals surface area contributed by atoms with Gasteiger partial charge in [-0.1, -0.05) is 12.1 Å². The number of carbonyl (C=O) groups is 1. The molecule has 1 saturated heterocycles. The van der Waals surface area contributed by atoms with Gasteiger partial charge in [0, 0.05) is 23.8 Å². The van der Waals surface area contributed by atoms with Crippen molar-refractivity contribution in [1.29, 1.82) is 0 Å². The Bertz CT molecular complexity index is 1020. The second kappa shape index (κ2) is 7.92. The van der Waals surface area contributed by atoms with Crippen LogP contribution in [0.1, 0.15) is 45.3 Å². The Hall–Kier alpha value is -2.39. The third-order valence-electron chi connectivity index (χ3n) is 4.56. The minimum Gasteiger partial charge on any atom is -0.369 e. The van der Waals surface area contributed by atoms with Crippen LogP contribution in [0.5, 0.6) is 0 Å². The molecule has 1 amide bonds. The summed E-state index contributed by atoms with van der Waals surface area (Å²) in [6.45, 7) is 1.18. The van der Waals surface area contributed by atoms with Crippen LogP contribution >= 0.6 is 11.3 Å². The van der Waals surface area contributed by atoms with Gasteiger partial charge in [-0.25, -0.2) is 9.37 Å². The third-order valence-corrected chi connectivity index (χ3v) is 5.62. The highest BCUT2D eigenvalue weighted by molar-refractivity contribution is 7.18. The van der Waals surface area contributed by atoms with Crippen molar-refractivity contribution in [3.8, 4) is 0 Å². The van der Waals surface area contributed by atoms with E-state index in [1.54, 1.807) is 30.3 Å². The minimum absolute atomic E-state index is 0.372. The van der Waals surface area contributed by atoms with Gasteiger partial charge in [-0.3, -0.25) is 4.79 Å². The van der Waals surface area contributed by atoms with Crippen LogP contribution in [0.2, 0.25) is 0 Å². The molecule has 1 aliphatic heterocycles. The molecule has 8 heteroatoms. The van der Waals surface area contributed by atoms with Crippen LogP contribution in [0, 0.1) is 5.82 Å². The van der Waals surface area contributed by atoms with Crippen LogP contribution in [0.4, 0.5) is 4.39 Å². The lowest BCUT2D eigenvalue weighted by Crippen LogP contribution is -2.18. The van der Waals surface area contributed by atoms with E-state index in [4.69, 9.17) is 19.9 Å². The van der Waals surface area contributed by atoms with Gasteiger partial charge >= 0.3 is 0 Å².